The Morgan fingerprint density at radius 1 is 1.04 bits per heavy atom. The molecule has 0 heterocycles. The van der Waals surface area contributed by atoms with Gasteiger partial charge in [0.2, 0.25) is 0 Å². The summed E-state index contributed by atoms with van der Waals surface area (Å²) < 4.78 is 4.87. The molecular weight excluding hydrogens is 318 g/mol. The molecule has 0 aliphatic carbocycles. The van der Waals surface area contributed by atoms with Crippen molar-refractivity contribution in [1.29, 1.82) is 0 Å². The van der Waals surface area contributed by atoms with Gasteiger partial charge in [-0.15, -0.1) is 0 Å². The van der Waals surface area contributed by atoms with Crippen molar-refractivity contribution in [2.24, 2.45) is 0 Å². The molecule has 0 radical (unpaired) electrons. The number of methoxy groups -OCH3 is 1. The maximum atomic E-state index is 12.2. The molecule has 0 aliphatic rings. The van der Waals surface area contributed by atoms with Gasteiger partial charge >= 0.3 is 5.69 Å². The molecule has 2 aromatic rings. The number of hydrogen-bond acceptors (Lipinski definition) is 6. The average molecular weight is 331 g/mol. The third-order valence-corrected chi connectivity index (χ3v) is 3.30. The van der Waals surface area contributed by atoms with Crippen LogP contribution in [0.3, 0.4) is 0 Å². The molecule has 0 saturated carbocycles. The molecular formula is C15H13N3O6. The molecule has 0 saturated heterocycles. The quantitative estimate of drug-likeness (QED) is 0.663. The van der Waals surface area contributed by atoms with Crippen molar-refractivity contribution in [2.45, 2.75) is 6.92 Å². The van der Waals surface area contributed by atoms with E-state index >= 15 is 0 Å². The van der Waals surface area contributed by atoms with E-state index in [4.69, 9.17) is 4.74 Å². The fourth-order valence-electron chi connectivity index (χ4n) is 2.06. The SMILES string of the molecule is COc1ccc(C(=O)Nc2ccc(C)c([N+](=O)[O-])c2)cc1[N+](=O)[O-]. The second-order valence-electron chi connectivity index (χ2n) is 4.86. The second-order valence-corrected chi connectivity index (χ2v) is 4.86. The first kappa shape index (κ1) is 16.9. The van der Waals surface area contributed by atoms with Crippen LogP contribution >= 0.6 is 0 Å². The third kappa shape index (κ3) is 3.46. The molecule has 1 amide bonds. The maximum Gasteiger partial charge on any atom is 0.311 e. The number of anilines is 1. The molecule has 9 heteroatoms. The number of nitrogens with zero attached hydrogens (tertiary/aromatic N) is 2. The highest BCUT2D eigenvalue weighted by Gasteiger charge is 2.19. The van der Waals surface area contributed by atoms with Gasteiger partial charge in [0.05, 0.1) is 17.0 Å². The van der Waals surface area contributed by atoms with E-state index < -0.39 is 15.8 Å². The number of carbonyl (C=O) groups is 1. The van der Waals surface area contributed by atoms with Crippen molar-refractivity contribution in [3.63, 3.8) is 0 Å². The first-order chi connectivity index (χ1) is 11.3. The number of nitrogens with one attached hydrogen (secondary N) is 1. The minimum absolute atomic E-state index is 0.0301. The van der Waals surface area contributed by atoms with Crippen molar-refractivity contribution in [2.75, 3.05) is 12.4 Å². The van der Waals surface area contributed by atoms with Gasteiger partial charge in [0, 0.05) is 28.9 Å². The molecule has 0 unspecified atom stereocenters. The molecule has 0 fully saturated rings. The first-order valence-corrected chi connectivity index (χ1v) is 6.72. The summed E-state index contributed by atoms with van der Waals surface area (Å²) in [4.78, 5) is 32.9. The van der Waals surface area contributed by atoms with E-state index in [-0.39, 0.29) is 28.4 Å². The fraction of sp³-hybridized carbons (Fsp3) is 0.133. The Balaban J connectivity index is 2.30. The lowest BCUT2D eigenvalue weighted by Gasteiger charge is -2.07. The Morgan fingerprint density at radius 2 is 1.71 bits per heavy atom. The van der Waals surface area contributed by atoms with Crippen LogP contribution in [0, 0.1) is 27.2 Å². The van der Waals surface area contributed by atoms with Crippen LogP contribution in [0.15, 0.2) is 36.4 Å². The molecule has 24 heavy (non-hydrogen) atoms. The predicted molar refractivity (Wildman–Crippen MR) is 85.4 cm³/mol. The van der Waals surface area contributed by atoms with Crippen LogP contribution in [0.4, 0.5) is 17.1 Å². The van der Waals surface area contributed by atoms with Gasteiger partial charge in [-0.05, 0) is 25.1 Å². The van der Waals surface area contributed by atoms with E-state index in [2.05, 4.69) is 5.32 Å². The Kier molecular flexibility index (Phi) is 4.73. The number of nitro benzene ring substituents is 2. The number of hydrogen-bond donors (Lipinski definition) is 1. The molecule has 2 aromatic carbocycles. The minimum atomic E-state index is -0.660. The fourth-order valence-corrected chi connectivity index (χ4v) is 2.06. The number of aryl methyl sites for hydroxylation is 1. The number of ether oxygens (including phenoxy) is 1. The van der Waals surface area contributed by atoms with Crippen molar-refractivity contribution >= 4 is 23.0 Å². The summed E-state index contributed by atoms with van der Waals surface area (Å²) in [5.74, 6) is -0.596. The van der Waals surface area contributed by atoms with E-state index in [1.165, 1.54) is 37.4 Å². The van der Waals surface area contributed by atoms with Crippen LogP contribution in [-0.2, 0) is 0 Å². The summed E-state index contributed by atoms with van der Waals surface area (Å²) in [6.07, 6.45) is 0. The van der Waals surface area contributed by atoms with Crippen LogP contribution in [0.25, 0.3) is 0 Å². The monoisotopic (exact) mass is 331 g/mol. The van der Waals surface area contributed by atoms with E-state index in [0.717, 1.165) is 6.07 Å². The number of nitro groups is 2. The van der Waals surface area contributed by atoms with Crippen LogP contribution in [0.2, 0.25) is 0 Å². The summed E-state index contributed by atoms with van der Waals surface area (Å²) in [5.41, 5.74) is 0.230. The largest absolute Gasteiger partial charge is 0.490 e. The summed E-state index contributed by atoms with van der Waals surface area (Å²) in [6, 6.07) is 8.00. The normalized spacial score (nSPS) is 10.1. The Bertz CT molecular complexity index is 834. The number of rotatable bonds is 5. The number of benzene rings is 2. The van der Waals surface area contributed by atoms with Gasteiger partial charge in [-0.1, -0.05) is 6.07 Å². The van der Waals surface area contributed by atoms with Crippen LogP contribution in [-0.4, -0.2) is 22.9 Å². The van der Waals surface area contributed by atoms with Gasteiger partial charge in [0.25, 0.3) is 11.6 Å². The van der Waals surface area contributed by atoms with Gasteiger partial charge in [0.1, 0.15) is 0 Å². The van der Waals surface area contributed by atoms with Crippen LogP contribution in [0.5, 0.6) is 5.75 Å². The third-order valence-electron chi connectivity index (χ3n) is 3.30. The van der Waals surface area contributed by atoms with Crippen molar-refractivity contribution in [1.82, 2.24) is 0 Å². The molecule has 1 N–H and O–H groups in total. The highest BCUT2D eigenvalue weighted by atomic mass is 16.6. The summed E-state index contributed by atoms with van der Waals surface area (Å²) in [7, 11) is 1.29. The molecule has 0 atom stereocenters. The number of amides is 1. The van der Waals surface area contributed by atoms with Crippen molar-refractivity contribution in [3.05, 3.63) is 67.8 Å². The molecule has 0 bridgehead atoms. The van der Waals surface area contributed by atoms with Crippen LogP contribution < -0.4 is 10.1 Å². The lowest BCUT2D eigenvalue weighted by atomic mass is 10.1. The second kappa shape index (κ2) is 6.73. The maximum absolute atomic E-state index is 12.2. The van der Waals surface area contributed by atoms with E-state index in [1.807, 2.05) is 0 Å². The summed E-state index contributed by atoms with van der Waals surface area (Å²) >= 11 is 0. The first-order valence-electron chi connectivity index (χ1n) is 6.72. The Morgan fingerprint density at radius 3 is 2.29 bits per heavy atom. The van der Waals surface area contributed by atoms with E-state index in [9.17, 15) is 25.0 Å². The molecule has 0 aromatic heterocycles. The smallest absolute Gasteiger partial charge is 0.311 e. The average Bonchev–Trinajstić information content (AvgIpc) is 2.55. The number of carbonyl (C=O) groups excluding carboxylic acids is 1. The molecule has 2 rings (SSSR count). The zero-order chi connectivity index (χ0) is 17.9. The van der Waals surface area contributed by atoms with E-state index in [1.54, 1.807) is 6.92 Å². The van der Waals surface area contributed by atoms with Gasteiger partial charge in [0.15, 0.2) is 5.75 Å². The highest BCUT2D eigenvalue weighted by molar-refractivity contribution is 6.05. The molecule has 124 valence electrons. The van der Waals surface area contributed by atoms with Gasteiger partial charge in [-0.25, -0.2) is 0 Å². The zero-order valence-electron chi connectivity index (χ0n) is 12.8. The van der Waals surface area contributed by atoms with Crippen LogP contribution in [0.1, 0.15) is 15.9 Å². The van der Waals surface area contributed by atoms with Gasteiger partial charge < -0.3 is 10.1 Å². The summed E-state index contributed by atoms with van der Waals surface area (Å²) in [5, 5.41) is 24.4. The topological polar surface area (TPSA) is 125 Å². The lowest BCUT2D eigenvalue weighted by molar-refractivity contribution is -0.385. The molecule has 0 aliphatic heterocycles. The summed E-state index contributed by atoms with van der Waals surface area (Å²) in [6.45, 7) is 1.58. The molecule has 0 spiro atoms. The minimum Gasteiger partial charge on any atom is -0.490 e. The standard InChI is InChI=1S/C15H13N3O6/c1-9-3-5-11(8-12(9)17(20)21)16-15(19)10-4-6-14(24-2)13(7-10)18(22)23/h3-8H,1-2H3,(H,16,19). The van der Waals surface area contributed by atoms with Gasteiger partial charge in [-0.2, -0.15) is 0 Å². The van der Waals surface area contributed by atoms with E-state index in [0.29, 0.717) is 5.56 Å². The van der Waals surface area contributed by atoms with Gasteiger partial charge in [-0.3, -0.25) is 25.0 Å². The van der Waals surface area contributed by atoms with Crippen molar-refractivity contribution in [3.8, 4) is 5.75 Å². The highest BCUT2D eigenvalue weighted by Crippen LogP contribution is 2.28. The Labute approximate surface area is 136 Å². The molecule has 9 nitrogen and oxygen atoms in total. The predicted octanol–water partition coefficient (Wildman–Crippen LogP) is 3.07. The van der Waals surface area contributed by atoms with Crippen molar-refractivity contribution < 1.29 is 19.4 Å². The lowest BCUT2D eigenvalue weighted by Crippen LogP contribution is -2.12. The zero-order valence-corrected chi connectivity index (χ0v) is 12.8. The Hall–Kier alpha value is -3.49.